The molecule has 1 amide bonds. The normalized spacial score (nSPS) is 11.7. The van der Waals surface area contributed by atoms with E-state index < -0.39 is 10.0 Å². The molecule has 2 aromatic carbocycles. The van der Waals surface area contributed by atoms with Gasteiger partial charge in [0.2, 0.25) is 0 Å². The van der Waals surface area contributed by atoms with E-state index in [-0.39, 0.29) is 10.8 Å². The summed E-state index contributed by atoms with van der Waals surface area (Å²) < 4.78 is 29.8. The number of nitrogens with zero attached hydrogens (tertiary/aromatic N) is 3. The Morgan fingerprint density at radius 2 is 1.78 bits per heavy atom. The molecule has 32 heavy (non-hydrogen) atoms. The van der Waals surface area contributed by atoms with Crippen molar-refractivity contribution in [2.24, 2.45) is 7.05 Å². The van der Waals surface area contributed by atoms with Crippen molar-refractivity contribution in [1.82, 2.24) is 13.8 Å². The van der Waals surface area contributed by atoms with Crippen LogP contribution in [0.4, 0.5) is 5.69 Å². The quantitative estimate of drug-likeness (QED) is 0.319. The molecule has 0 saturated carbocycles. The average Bonchev–Trinajstić information content (AvgIpc) is 3.44. The van der Waals surface area contributed by atoms with Gasteiger partial charge in [0.25, 0.3) is 0 Å². The van der Waals surface area contributed by atoms with Gasteiger partial charge in [0, 0.05) is 18.8 Å². The number of aromatic nitrogens is 3. The van der Waals surface area contributed by atoms with E-state index in [0.717, 1.165) is 25.1 Å². The van der Waals surface area contributed by atoms with Crippen molar-refractivity contribution in [3.05, 3.63) is 91.0 Å². The van der Waals surface area contributed by atoms with Crippen molar-refractivity contribution < 1.29 is 13.2 Å². The molecule has 7 nitrogen and oxygen atoms in total. The van der Waals surface area contributed by atoms with Gasteiger partial charge in [0.05, 0.1) is 6.20 Å². The first kappa shape index (κ1) is 21.9. The molecular weight excluding hydrogens is 487 g/mol. The van der Waals surface area contributed by atoms with Crippen LogP contribution in [0, 0.1) is 0 Å². The second-order valence-electron chi connectivity index (χ2n) is 7.12. The molecule has 4 aromatic rings. The molecule has 2 aromatic heterocycles. The van der Waals surface area contributed by atoms with E-state index in [0.29, 0.717) is 5.56 Å². The van der Waals surface area contributed by atoms with Gasteiger partial charge < -0.3 is 0 Å². The summed E-state index contributed by atoms with van der Waals surface area (Å²) in [6, 6.07) is 15.8. The third-order valence-corrected chi connectivity index (χ3v) is 7.51. The Balaban J connectivity index is 1.48. The van der Waals surface area contributed by atoms with Crippen molar-refractivity contribution in [3.63, 3.8) is 0 Å². The number of hydrogen-bond acceptors (Lipinski definition) is 4. The van der Waals surface area contributed by atoms with Gasteiger partial charge in [0.15, 0.2) is 0 Å². The molecule has 4 rings (SSSR count). The van der Waals surface area contributed by atoms with Gasteiger partial charge in [-0.2, -0.15) is 5.10 Å². The van der Waals surface area contributed by atoms with Crippen LogP contribution in [0.2, 0.25) is 0 Å². The minimum atomic E-state index is -3.74. The fraction of sp³-hybridized carbons (Fsp3) is 0.0435. The molecule has 0 aliphatic heterocycles. The van der Waals surface area contributed by atoms with Gasteiger partial charge >= 0.3 is 143 Å². The zero-order valence-corrected chi connectivity index (χ0v) is 20.5. The first-order valence-corrected chi connectivity index (χ1v) is 12.3. The van der Waals surface area contributed by atoms with Crippen molar-refractivity contribution >= 4 is 48.9 Å². The number of nitrogens with one attached hydrogen (secondary N) is 1. The summed E-state index contributed by atoms with van der Waals surface area (Å²) in [5.41, 5.74) is 3.16. The number of amides is 1. The maximum absolute atomic E-state index is 13.0. The summed E-state index contributed by atoms with van der Waals surface area (Å²) in [6.07, 6.45) is 9.50. The molecule has 1 atom stereocenters. The molecule has 9 heteroatoms. The van der Waals surface area contributed by atoms with Crippen LogP contribution in [0.1, 0.15) is 5.56 Å². The smallest absolute Gasteiger partial charge is 0.181 e. The van der Waals surface area contributed by atoms with Gasteiger partial charge in [-0.15, -0.1) is 0 Å². The Labute approximate surface area is 194 Å². The van der Waals surface area contributed by atoms with Crippen LogP contribution in [0.3, 0.4) is 0 Å². The second kappa shape index (κ2) is 9.02. The molecule has 0 spiro atoms. The van der Waals surface area contributed by atoms with E-state index in [1.807, 2.05) is 37.5 Å². The number of para-hydroxylation sites is 1. The number of hydrogen-bond donors (Lipinski definition) is 1. The van der Waals surface area contributed by atoms with Crippen molar-refractivity contribution in [2.75, 3.05) is 5.32 Å². The number of carbonyl (C=O) groups is 1. The molecular formula is C23H21AsN4O3S. The van der Waals surface area contributed by atoms with Crippen LogP contribution in [0.5, 0.6) is 0 Å². The van der Waals surface area contributed by atoms with Gasteiger partial charge in [-0.05, 0) is 5.56 Å². The predicted octanol–water partition coefficient (Wildman–Crippen LogP) is 2.04. The molecule has 0 aliphatic carbocycles. The second-order valence-corrected chi connectivity index (χ2v) is 10.3. The number of benzene rings is 2. The Kier molecular flexibility index (Phi) is 6.16. The van der Waals surface area contributed by atoms with Gasteiger partial charge in [-0.3, -0.25) is 4.68 Å². The van der Waals surface area contributed by atoms with Gasteiger partial charge in [-0.1, -0.05) is 12.1 Å². The molecule has 1 N–H and O–H groups in total. The molecule has 0 fully saturated rings. The number of carbonyl (C=O) groups excluding carboxylic acids is 1. The van der Waals surface area contributed by atoms with Crippen LogP contribution in [0.25, 0.3) is 17.2 Å². The monoisotopic (exact) mass is 508 g/mol. The van der Waals surface area contributed by atoms with E-state index in [2.05, 4.69) is 10.4 Å². The predicted molar refractivity (Wildman–Crippen MR) is 128 cm³/mol. The van der Waals surface area contributed by atoms with Crippen LogP contribution < -0.4 is 9.67 Å². The SMILES string of the molecule is Cn1cc(-c2ccc(S(=O)(=O)n3ccc(C=CC(=O)Nc4ccccc4[AsH2])c3)cc2)cn1. The number of rotatable bonds is 6. The molecule has 1 unspecified atom stereocenters. The number of aryl methyl sites for hydroxylation is 1. The Hall–Kier alpha value is -3.35. The Morgan fingerprint density at radius 3 is 2.47 bits per heavy atom. The van der Waals surface area contributed by atoms with E-state index in [9.17, 15) is 13.2 Å². The molecule has 0 radical (unpaired) electrons. The fourth-order valence-electron chi connectivity index (χ4n) is 3.11. The first-order valence-electron chi connectivity index (χ1n) is 9.69. The maximum atomic E-state index is 13.0. The topological polar surface area (TPSA) is 86.0 Å². The minimum absolute atomic E-state index is 0.176. The standard InChI is InChI=1S/C23H21AsN4O3S/c1-27-16-19(14-25-27)18-7-9-20(10-8-18)32(30,31)28-13-12-17(15-28)6-11-23(29)26-22-5-3-2-4-21(22)24/h2-16H,24H2,1H3,(H,26,29). The molecule has 0 bridgehead atoms. The molecule has 162 valence electrons. The van der Waals surface area contributed by atoms with E-state index in [1.165, 1.54) is 35.3 Å². The first-order chi connectivity index (χ1) is 15.3. The van der Waals surface area contributed by atoms with Gasteiger partial charge in [-0.25, -0.2) is 0 Å². The van der Waals surface area contributed by atoms with E-state index in [4.69, 9.17) is 0 Å². The van der Waals surface area contributed by atoms with Crippen LogP contribution in [-0.2, 0) is 21.9 Å². The van der Waals surface area contributed by atoms with Crippen molar-refractivity contribution in [2.45, 2.75) is 4.90 Å². The summed E-state index contributed by atoms with van der Waals surface area (Å²) in [6.45, 7) is 0. The summed E-state index contributed by atoms with van der Waals surface area (Å²) in [5, 5.41) is 6.95. The third-order valence-electron chi connectivity index (χ3n) is 4.80. The van der Waals surface area contributed by atoms with Crippen molar-refractivity contribution in [3.8, 4) is 11.1 Å². The number of anilines is 1. The molecule has 0 saturated heterocycles. The summed E-state index contributed by atoms with van der Waals surface area (Å²) >= 11 is 1.42. The van der Waals surface area contributed by atoms with Crippen LogP contribution in [0.15, 0.2) is 90.4 Å². The zero-order valence-electron chi connectivity index (χ0n) is 17.2. The summed E-state index contributed by atoms with van der Waals surface area (Å²) in [7, 11) is -1.91. The minimum Gasteiger partial charge on any atom is -0.181 e. The van der Waals surface area contributed by atoms with Gasteiger partial charge in [0.1, 0.15) is 0 Å². The zero-order chi connectivity index (χ0) is 22.7. The van der Waals surface area contributed by atoms with Crippen molar-refractivity contribution in [1.29, 1.82) is 0 Å². The van der Waals surface area contributed by atoms with E-state index in [1.54, 1.807) is 47.3 Å². The summed E-state index contributed by atoms with van der Waals surface area (Å²) in [5.74, 6) is -0.281. The fourth-order valence-corrected chi connectivity index (χ4v) is 4.90. The van der Waals surface area contributed by atoms with Crippen LogP contribution in [-0.4, -0.2) is 44.9 Å². The third kappa shape index (κ3) is 4.77. The van der Waals surface area contributed by atoms with Crippen LogP contribution >= 0.6 is 0 Å². The van der Waals surface area contributed by atoms with E-state index >= 15 is 0 Å². The Bertz CT molecular complexity index is 1400. The molecule has 0 aliphatic rings. The summed E-state index contributed by atoms with van der Waals surface area (Å²) in [4.78, 5) is 12.4. The average molecular weight is 508 g/mol. The Morgan fingerprint density at radius 1 is 1.03 bits per heavy atom. The molecule has 2 heterocycles.